The molecule has 0 aromatic rings. The lowest BCUT2D eigenvalue weighted by atomic mass is 9.47. The summed E-state index contributed by atoms with van der Waals surface area (Å²) in [5.41, 5.74) is -0.0430. The maximum absolute atomic E-state index is 12.4. The van der Waals surface area contributed by atoms with Crippen molar-refractivity contribution in [1.82, 2.24) is 0 Å². The molecule has 0 radical (unpaired) electrons. The van der Waals surface area contributed by atoms with E-state index < -0.39 is 17.6 Å². The Hall–Kier alpha value is -1.26. The fraction of sp³-hybridized carbons (Fsp3) is 0.684. The van der Waals surface area contributed by atoms with E-state index >= 15 is 0 Å². The molecule has 0 aromatic heterocycles. The number of rotatable bonds is 0. The molecule has 4 heteroatoms. The second-order valence-corrected chi connectivity index (χ2v) is 8.25. The first-order valence-electron chi connectivity index (χ1n) is 8.62. The number of aliphatic hydroxyl groups is 2. The van der Waals surface area contributed by atoms with E-state index in [0.29, 0.717) is 19.3 Å². The summed E-state index contributed by atoms with van der Waals surface area (Å²) >= 11 is 0. The Morgan fingerprint density at radius 2 is 1.91 bits per heavy atom. The van der Waals surface area contributed by atoms with Crippen molar-refractivity contribution in [1.29, 1.82) is 0 Å². The number of allylic oxidation sites excluding steroid dienone is 3. The number of ketones is 2. The van der Waals surface area contributed by atoms with Gasteiger partial charge in [-0.3, -0.25) is 9.59 Å². The first kappa shape index (κ1) is 15.3. The summed E-state index contributed by atoms with van der Waals surface area (Å²) in [5.74, 6) is 0.223. The van der Waals surface area contributed by atoms with E-state index in [9.17, 15) is 19.8 Å². The molecule has 3 fully saturated rings. The highest BCUT2D eigenvalue weighted by Crippen LogP contribution is 2.63. The van der Waals surface area contributed by atoms with Crippen LogP contribution in [0.25, 0.3) is 0 Å². The third-order valence-electron chi connectivity index (χ3n) is 7.40. The lowest BCUT2D eigenvalue weighted by Crippen LogP contribution is -2.59. The number of carbonyl (C=O) groups excluding carboxylic acids is 2. The maximum atomic E-state index is 12.4. The van der Waals surface area contributed by atoms with E-state index in [4.69, 9.17) is 0 Å². The molecule has 7 atom stereocenters. The van der Waals surface area contributed by atoms with Gasteiger partial charge in [-0.1, -0.05) is 18.6 Å². The van der Waals surface area contributed by atoms with E-state index in [2.05, 4.69) is 6.92 Å². The predicted octanol–water partition coefficient (Wildman–Crippen LogP) is 1.81. The van der Waals surface area contributed by atoms with Crippen LogP contribution < -0.4 is 0 Å². The Morgan fingerprint density at radius 3 is 2.65 bits per heavy atom. The minimum atomic E-state index is -0.714. The second-order valence-electron chi connectivity index (χ2n) is 8.25. The molecule has 4 aliphatic carbocycles. The molecule has 0 aliphatic heterocycles. The minimum absolute atomic E-state index is 0.00912. The van der Waals surface area contributed by atoms with Crippen LogP contribution in [-0.4, -0.2) is 34.0 Å². The van der Waals surface area contributed by atoms with Crippen molar-refractivity contribution in [2.24, 2.45) is 28.6 Å². The molecule has 0 amide bonds. The molecule has 124 valence electrons. The highest BCUT2D eigenvalue weighted by Gasteiger charge is 2.64. The van der Waals surface area contributed by atoms with Crippen molar-refractivity contribution in [2.45, 2.75) is 51.7 Å². The van der Waals surface area contributed by atoms with Gasteiger partial charge in [0.25, 0.3) is 0 Å². The van der Waals surface area contributed by atoms with Gasteiger partial charge in [-0.25, -0.2) is 0 Å². The molecular formula is C19H24O4. The first-order valence-corrected chi connectivity index (χ1v) is 8.62. The van der Waals surface area contributed by atoms with Crippen LogP contribution in [0.3, 0.4) is 0 Å². The van der Waals surface area contributed by atoms with Gasteiger partial charge < -0.3 is 10.2 Å². The molecule has 4 nitrogen and oxygen atoms in total. The third-order valence-corrected chi connectivity index (χ3v) is 7.40. The summed E-state index contributed by atoms with van der Waals surface area (Å²) in [6.45, 7) is 3.99. The van der Waals surface area contributed by atoms with Crippen LogP contribution in [0.2, 0.25) is 0 Å². The zero-order valence-corrected chi connectivity index (χ0v) is 13.7. The Bertz CT molecular complexity index is 648. The van der Waals surface area contributed by atoms with Crippen molar-refractivity contribution < 1.29 is 19.8 Å². The molecular weight excluding hydrogens is 292 g/mol. The van der Waals surface area contributed by atoms with Crippen molar-refractivity contribution >= 4 is 11.6 Å². The average Bonchev–Trinajstić information content (AvgIpc) is 2.80. The quantitative estimate of drug-likeness (QED) is 0.715. The van der Waals surface area contributed by atoms with E-state index in [1.165, 1.54) is 0 Å². The highest BCUT2D eigenvalue weighted by atomic mass is 16.3. The van der Waals surface area contributed by atoms with Gasteiger partial charge in [0, 0.05) is 11.8 Å². The smallest absolute Gasteiger partial charge is 0.178 e. The van der Waals surface area contributed by atoms with Crippen molar-refractivity contribution in [3.05, 3.63) is 23.8 Å². The van der Waals surface area contributed by atoms with Gasteiger partial charge in [-0.2, -0.15) is 0 Å². The molecule has 3 saturated carbocycles. The topological polar surface area (TPSA) is 74.6 Å². The first-order chi connectivity index (χ1) is 10.8. The summed E-state index contributed by atoms with van der Waals surface area (Å²) in [5, 5.41) is 21.6. The van der Waals surface area contributed by atoms with Gasteiger partial charge in [-0.05, 0) is 56.1 Å². The van der Waals surface area contributed by atoms with E-state index in [0.717, 1.165) is 12.0 Å². The zero-order valence-electron chi connectivity index (χ0n) is 13.7. The Labute approximate surface area is 136 Å². The van der Waals surface area contributed by atoms with Gasteiger partial charge in [0.05, 0.1) is 17.6 Å². The third kappa shape index (κ3) is 1.79. The molecule has 2 N–H and O–H groups in total. The maximum Gasteiger partial charge on any atom is 0.178 e. The van der Waals surface area contributed by atoms with Crippen LogP contribution in [0.4, 0.5) is 0 Å². The summed E-state index contributed by atoms with van der Waals surface area (Å²) in [7, 11) is 0. The summed E-state index contributed by atoms with van der Waals surface area (Å²) in [6.07, 6.45) is 6.26. The van der Waals surface area contributed by atoms with Crippen molar-refractivity contribution in [3.8, 4) is 0 Å². The van der Waals surface area contributed by atoms with Gasteiger partial charge in [0.2, 0.25) is 0 Å². The predicted molar refractivity (Wildman–Crippen MR) is 84.4 cm³/mol. The van der Waals surface area contributed by atoms with Crippen LogP contribution in [0.5, 0.6) is 0 Å². The van der Waals surface area contributed by atoms with Crippen LogP contribution in [0, 0.1) is 28.6 Å². The highest BCUT2D eigenvalue weighted by molar-refractivity contribution is 6.01. The summed E-state index contributed by atoms with van der Waals surface area (Å²) in [4.78, 5) is 24.1. The molecule has 23 heavy (non-hydrogen) atoms. The Kier molecular flexibility index (Phi) is 3.08. The largest absolute Gasteiger partial charge is 0.392 e. The molecule has 0 aromatic carbocycles. The van der Waals surface area contributed by atoms with Crippen LogP contribution in [0.15, 0.2) is 23.8 Å². The Morgan fingerprint density at radius 1 is 1.17 bits per heavy atom. The van der Waals surface area contributed by atoms with Gasteiger partial charge in [-0.15, -0.1) is 0 Å². The number of Topliss-reactive ketones (excluding diaryl/α,β-unsaturated/α-hetero) is 1. The average molecular weight is 316 g/mol. The molecule has 0 heterocycles. The number of aliphatic hydroxyl groups excluding tert-OH is 2. The summed E-state index contributed by atoms with van der Waals surface area (Å²) < 4.78 is 0. The van der Waals surface area contributed by atoms with Crippen LogP contribution in [0.1, 0.15) is 39.5 Å². The summed E-state index contributed by atoms with van der Waals surface area (Å²) in [6, 6.07) is 0. The molecule has 4 rings (SSSR count). The van der Waals surface area contributed by atoms with Crippen molar-refractivity contribution in [2.75, 3.05) is 0 Å². The normalized spacial score (nSPS) is 51.8. The molecule has 0 spiro atoms. The number of hydrogen-bond donors (Lipinski definition) is 2. The zero-order chi connectivity index (χ0) is 16.6. The number of carbonyl (C=O) groups is 2. The monoisotopic (exact) mass is 316 g/mol. The second kappa shape index (κ2) is 4.64. The van der Waals surface area contributed by atoms with Gasteiger partial charge >= 0.3 is 0 Å². The lowest BCUT2D eigenvalue weighted by molar-refractivity contribution is -0.159. The van der Waals surface area contributed by atoms with Crippen molar-refractivity contribution in [3.63, 3.8) is 0 Å². The fourth-order valence-corrected chi connectivity index (χ4v) is 5.93. The van der Waals surface area contributed by atoms with Gasteiger partial charge in [0.15, 0.2) is 5.78 Å². The minimum Gasteiger partial charge on any atom is -0.392 e. The standard InChI is InChI=1S/C19H24O4/c1-18-6-5-11(20)7-10(18)8-14(21)17-12-3-4-15(22)19(12,2)16(23)9-13(17)18/h5-7,12-14,16-17,21,23H,3-4,8-9H2,1-2H3/t12-,13-,14?,16+,17-,18-,19-/m0/s1. The number of fused-ring (bicyclic) bond motifs is 5. The van der Waals surface area contributed by atoms with E-state index in [1.807, 2.05) is 13.0 Å². The van der Waals surface area contributed by atoms with E-state index in [1.54, 1.807) is 12.2 Å². The van der Waals surface area contributed by atoms with Crippen LogP contribution in [-0.2, 0) is 9.59 Å². The fourth-order valence-electron chi connectivity index (χ4n) is 5.93. The molecule has 1 unspecified atom stereocenters. The number of hydrogen-bond acceptors (Lipinski definition) is 4. The molecule has 0 bridgehead atoms. The Balaban J connectivity index is 1.80. The van der Waals surface area contributed by atoms with E-state index in [-0.39, 0.29) is 34.7 Å². The molecule has 4 aliphatic rings. The van der Waals surface area contributed by atoms with Gasteiger partial charge in [0.1, 0.15) is 5.78 Å². The lowest BCUT2D eigenvalue weighted by Gasteiger charge is -2.58. The molecule has 0 saturated heterocycles. The van der Waals surface area contributed by atoms with Crippen LogP contribution >= 0.6 is 0 Å². The SMILES string of the molecule is C[C@@]12C(=O)CC[C@H]1[C@@H]1C(O)CC3=CC(=O)C=C[C@]3(C)[C@H]1C[C@H]2O.